The van der Waals surface area contributed by atoms with E-state index in [9.17, 15) is 9.18 Å². The zero-order valence-electron chi connectivity index (χ0n) is 7.35. The minimum absolute atomic E-state index is 0.0386. The molecular weight excluding hydrogens is 181 g/mol. The molecule has 3 heteroatoms. The number of aromatic nitrogens is 1. The molecule has 0 atom stereocenters. The molecule has 0 saturated carbocycles. The van der Waals surface area contributed by atoms with Gasteiger partial charge in [0, 0.05) is 30.2 Å². The molecule has 14 heavy (non-hydrogen) atoms. The highest BCUT2D eigenvalue weighted by molar-refractivity contribution is 5.31. The van der Waals surface area contributed by atoms with Crippen molar-refractivity contribution in [1.82, 2.24) is 4.57 Å². The lowest BCUT2D eigenvalue weighted by atomic mass is 10.3. The molecule has 0 bridgehead atoms. The zero-order chi connectivity index (χ0) is 9.97. The van der Waals surface area contributed by atoms with Crippen LogP contribution in [0.1, 0.15) is 0 Å². The maximum Gasteiger partial charge on any atom is 0.181 e. The number of pyridine rings is 1. The Kier molecular flexibility index (Phi) is 2.14. The fraction of sp³-hybridized carbons (Fsp3) is 0. The highest BCUT2D eigenvalue weighted by atomic mass is 19.1. The van der Waals surface area contributed by atoms with Crippen LogP contribution in [0.4, 0.5) is 4.39 Å². The Morgan fingerprint density at radius 1 is 0.929 bits per heavy atom. The number of benzene rings is 1. The third kappa shape index (κ3) is 1.71. The highest BCUT2D eigenvalue weighted by Gasteiger charge is 1.94. The highest BCUT2D eigenvalue weighted by Crippen LogP contribution is 2.07. The van der Waals surface area contributed by atoms with Gasteiger partial charge in [0.05, 0.1) is 0 Å². The van der Waals surface area contributed by atoms with Gasteiger partial charge in [0.25, 0.3) is 0 Å². The van der Waals surface area contributed by atoms with Crippen LogP contribution < -0.4 is 5.43 Å². The van der Waals surface area contributed by atoms with Gasteiger partial charge in [0.1, 0.15) is 5.82 Å². The van der Waals surface area contributed by atoms with Gasteiger partial charge in [-0.1, -0.05) is 0 Å². The predicted molar refractivity (Wildman–Crippen MR) is 52.0 cm³/mol. The fourth-order valence-electron chi connectivity index (χ4n) is 1.20. The Bertz CT molecular complexity index is 467. The minimum Gasteiger partial charge on any atom is -0.324 e. The number of rotatable bonds is 1. The van der Waals surface area contributed by atoms with Crippen LogP contribution in [0.2, 0.25) is 0 Å². The van der Waals surface area contributed by atoms with E-state index in [0.717, 1.165) is 5.69 Å². The predicted octanol–water partition coefficient (Wildman–Crippen LogP) is 1.98. The van der Waals surface area contributed by atoms with E-state index in [4.69, 9.17) is 0 Å². The maximum atomic E-state index is 12.6. The summed E-state index contributed by atoms with van der Waals surface area (Å²) >= 11 is 0. The summed E-state index contributed by atoms with van der Waals surface area (Å²) < 4.78 is 14.4. The minimum atomic E-state index is -0.269. The van der Waals surface area contributed by atoms with E-state index in [2.05, 4.69) is 0 Å². The fourth-order valence-corrected chi connectivity index (χ4v) is 1.20. The summed E-state index contributed by atoms with van der Waals surface area (Å²) in [6.07, 6.45) is 3.30. The lowest BCUT2D eigenvalue weighted by Gasteiger charge is -2.04. The molecule has 1 heterocycles. The molecule has 1 aromatic heterocycles. The Labute approximate surface area is 80.2 Å². The van der Waals surface area contributed by atoms with Gasteiger partial charge in [-0.25, -0.2) is 4.39 Å². The van der Waals surface area contributed by atoms with E-state index in [1.807, 2.05) is 0 Å². The average molecular weight is 189 g/mol. The smallest absolute Gasteiger partial charge is 0.181 e. The SMILES string of the molecule is O=c1ccn(-c2ccc(F)cc2)cc1. The standard InChI is InChI=1S/C11H8FNO/c12-9-1-3-10(4-2-9)13-7-5-11(14)6-8-13/h1-8H. The molecule has 0 aliphatic carbocycles. The zero-order valence-corrected chi connectivity index (χ0v) is 7.35. The quantitative estimate of drug-likeness (QED) is 0.672. The van der Waals surface area contributed by atoms with Crippen molar-refractivity contribution in [2.75, 3.05) is 0 Å². The molecule has 0 radical (unpaired) electrons. The molecule has 0 spiro atoms. The molecule has 0 N–H and O–H groups in total. The second-order valence-corrected chi connectivity index (χ2v) is 2.92. The van der Waals surface area contributed by atoms with Crippen molar-refractivity contribution in [3.8, 4) is 5.69 Å². The summed E-state index contributed by atoms with van der Waals surface area (Å²) in [5.74, 6) is -0.269. The van der Waals surface area contributed by atoms with Crippen LogP contribution >= 0.6 is 0 Å². The number of halogens is 1. The molecule has 2 aromatic rings. The second-order valence-electron chi connectivity index (χ2n) is 2.92. The largest absolute Gasteiger partial charge is 0.324 e. The number of hydrogen-bond acceptors (Lipinski definition) is 1. The summed E-state index contributed by atoms with van der Waals surface area (Å²) in [7, 11) is 0. The molecule has 0 amide bonds. The van der Waals surface area contributed by atoms with Crippen LogP contribution in [0.5, 0.6) is 0 Å². The molecular formula is C11H8FNO. The molecule has 1 aromatic carbocycles. The summed E-state index contributed by atoms with van der Waals surface area (Å²) in [6.45, 7) is 0. The van der Waals surface area contributed by atoms with Crippen molar-refractivity contribution in [2.24, 2.45) is 0 Å². The van der Waals surface area contributed by atoms with Crippen LogP contribution in [0, 0.1) is 5.82 Å². The van der Waals surface area contributed by atoms with Gasteiger partial charge in [-0.3, -0.25) is 4.79 Å². The monoisotopic (exact) mass is 189 g/mol. The van der Waals surface area contributed by atoms with E-state index >= 15 is 0 Å². The van der Waals surface area contributed by atoms with Crippen LogP contribution in [0.15, 0.2) is 53.6 Å². The average Bonchev–Trinajstić information content (AvgIpc) is 2.21. The van der Waals surface area contributed by atoms with Crippen molar-refractivity contribution in [3.63, 3.8) is 0 Å². The molecule has 0 aliphatic rings. The van der Waals surface area contributed by atoms with Crippen LogP contribution in [0.3, 0.4) is 0 Å². The lowest BCUT2D eigenvalue weighted by Crippen LogP contribution is -2.01. The molecule has 2 nitrogen and oxygen atoms in total. The van der Waals surface area contributed by atoms with E-state index < -0.39 is 0 Å². The lowest BCUT2D eigenvalue weighted by molar-refractivity contribution is 0.627. The molecule has 0 saturated heterocycles. The Balaban J connectivity index is 2.44. The van der Waals surface area contributed by atoms with Crippen LogP contribution in [0.25, 0.3) is 5.69 Å². The molecule has 0 fully saturated rings. The van der Waals surface area contributed by atoms with Gasteiger partial charge in [0.15, 0.2) is 5.43 Å². The van der Waals surface area contributed by atoms with Gasteiger partial charge in [-0.2, -0.15) is 0 Å². The molecule has 2 rings (SSSR count). The first-order valence-corrected chi connectivity index (χ1v) is 4.20. The normalized spacial score (nSPS) is 10.1. The Hall–Kier alpha value is -1.90. The summed E-state index contributed by atoms with van der Waals surface area (Å²) in [6, 6.07) is 8.99. The first-order chi connectivity index (χ1) is 6.75. The molecule has 0 unspecified atom stereocenters. The molecule has 70 valence electrons. The summed E-state index contributed by atoms with van der Waals surface area (Å²) in [5.41, 5.74) is 0.787. The van der Waals surface area contributed by atoms with Gasteiger partial charge in [-0.15, -0.1) is 0 Å². The van der Waals surface area contributed by atoms with Crippen LogP contribution in [-0.2, 0) is 0 Å². The summed E-state index contributed by atoms with van der Waals surface area (Å²) in [5, 5.41) is 0. The molecule has 0 aliphatic heterocycles. The van der Waals surface area contributed by atoms with E-state index in [0.29, 0.717) is 0 Å². The van der Waals surface area contributed by atoms with Crippen molar-refractivity contribution < 1.29 is 4.39 Å². The van der Waals surface area contributed by atoms with Crippen LogP contribution in [-0.4, -0.2) is 4.57 Å². The number of hydrogen-bond donors (Lipinski definition) is 0. The van der Waals surface area contributed by atoms with E-state index in [-0.39, 0.29) is 11.2 Å². The first-order valence-electron chi connectivity index (χ1n) is 4.20. The summed E-state index contributed by atoms with van der Waals surface area (Å²) in [4.78, 5) is 10.8. The second kappa shape index (κ2) is 3.46. The van der Waals surface area contributed by atoms with Gasteiger partial charge in [-0.05, 0) is 24.3 Å². The third-order valence-electron chi connectivity index (χ3n) is 1.92. The van der Waals surface area contributed by atoms with E-state index in [1.165, 1.54) is 24.3 Å². The van der Waals surface area contributed by atoms with Crippen molar-refractivity contribution in [2.45, 2.75) is 0 Å². The van der Waals surface area contributed by atoms with E-state index in [1.54, 1.807) is 29.1 Å². The van der Waals surface area contributed by atoms with Gasteiger partial charge in [0.2, 0.25) is 0 Å². The van der Waals surface area contributed by atoms with Crippen molar-refractivity contribution in [3.05, 3.63) is 64.8 Å². The Morgan fingerprint density at radius 2 is 1.50 bits per heavy atom. The van der Waals surface area contributed by atoms with Crippen molar-refractivity contribution in [1.29, 1.82) is 0 Å². The maximum absolute atomic E-state index is 12.6. The number of nitrogens with zero attached hydrogens (tertiary/aromatic N) is 1. The third-order valence-corrected chi connectivity index (χ3v) is 1.92. The van der Waals surface area contributed by atoms with Gasteiger partial charge < -0.3 is 4.57 Å². The Morgan fingerprint density at radius 3 is 2.07 bits per heavy atom. The van der Waals surface area contributed by atoms with Gasteiger partial charge >= 0.3 is 0 Å². The topological polar surface area (TPSA) is 22.0 Å². The first kappa shape index (κ1) is 8.69. The van der Waals surface area contributed by atoms with Crippen molar-refractivity contribution >= 4 is 0 Å².